The molecule has 0 saturated carbocycles. The molecule has 19 heavy (non-hydrogen) atoms. The summed E-state index contributed by atoms with van der Waals surface area (Å²) in [4.78, 5) is 11.1. The lowest BCUT2D eigenvalue weighted by molar-refractivity contribution is -0.255. The second-order valence-corrected chi connectivity index (χ2v) is 5.33. The van der Waals surface area contributed by atoms with E-state index in [9.17, 15) is 23.1 Å². The van der Waals surface area contributed by atoms with E-state index < -0.39 is 23.6 Å². The first kappa shape index (κ1) is 18.5. The highest BCUT2D eigenvalue weighted by molar-refractivity contribution is 8.11. The van der Waals surface area contributed by atoms with Crippen LogP contribution in [0.25, 0.3) is 0 Å². The quantitative estimate of drug-likeness (QED) is 0.462. The summed E-state index contributed by atoms with van der Waals surface area (Å²) in [7, 11) is 1.11. The van der Waals surface area contributed by atoms with Gasteiger partial charge in [0.15, 0.2) is 5.60 Å². The van der Waals surface area contributed by atoms with E-state index in [0.717, 1.165) is 11.4 Å². The largest absolute Gasteiger partial charge is 0.460 e. The molecule has 114 valence electrons. The number of carbonyl (C=O) groups excluding carboxylic acids is 1. The highest BCUT2D eigenvalue weighted by Gasteiger charge is 2.51. The van der Waals surface area contributed by atoms with Crippen LogP contribution in [0.15, 0.2) is 0 Å². The Hall–Kier alpha value is -0.510. The van der Waals surface area contributed by atoms with E-state index in [0.29, 0.717) is 18.9 Å². The lowest BCUT2D eigenvalue weighted by atomic mass is 10.1. The average Bonchev–Trinajstić information content (AvgIpc) is 2.23. The molecule has 1 N–H and O–H groups in total. The number of hydrogen-bond donors (Lipinski definition) is 1. The van der Waals surface area contributed by atoms with Crippen molar-refractivity contribution in [3.05, 3.63) is 0 Å². The number of alkyl halides is 3. The van der Waals surface area contributed by atoms with Gasteiger partial charge in [0.2, 0.25) is 0 Å². The molecular weight excluding hydrogens is 287 g/mol. The summed E-state index contributed by atoms with van der Waals surface area (Å²) in [6.07, 6.45) is -5.03. The molecule has 5 nitrogen and oxygen atoms in total. The number of halogens is 3. The lowest BCUT2D eigenvalue weighted by Crippen LogP contribution is -2.50. The Labute approximate surface area is 114 Å². The number of nitrogens with zero attached hydrogens (tertiary/aromatic N) is 1. The summed E-state index contributed by atoms with van der Waals surface area (Å²) in [6, 6.07) is 0. The van der Waals surface area contributed by atoms with E-state index >= 15 is 0 Å². The Kier molecular flexibility index (Phi) is 7.12. The zero-order chi connectivity index (χ0) is 15.3. The van der Waals surface area contributed by atoms with Crippen LogP contribution in [-0.2, 0) is 9.47 Å². The highest BCUT2D eigenvalue weighted by Crippen LogP contribution is 2.32. The summed E-state index contributed by atoms with van der Waals surface area (Å²) in [5.74, 6) is 0. The minimum atomic E-state index is -4.81. The van der Waals surface area contributed by atoms with Crippen LogP contribution in [0, 0.1) is 0 Å². The number of methoxy groups -OCH3 is 1. The SMILES string of the molecule is COC(=O)SN(COC(C)C)C[C@@](C)(O)C(F)(F)F. The fraction of sp³-hybridized carbons (Fsp3) is 0.900. The van der Waals surface area contributed by atoms with Crippen LogP contribution in [0.1, 0.15) is 20.8 Å². The van der Waals surface area contributed by atoms with E-state index in [4.69, 9.17) is 4.74 Å². The number of rotatable bonds is 6. The van der Waals surface area contributed by atoms with E-state index in [1.54, 1.807) is 13.8 Å². The van der Waals surface area contributed by atoms with Gasteiger partial charge in [0, 0.05) is 18.5 Å². The third kappa shape index (κ3) is 7.00. The third-order valence-electron chi connectivity index (χ3n) is 2.02. The summed E-state index contributed by atoms with van der Waals surface area (Å²) < 4.78 is 48.1. The maximum absolute atomic E-state index is 12.6. The van der Waals surface area contributed by atoms with Crippen molar-refractivity contribution >= 4 is 17.2 Å². The Morgan fingerprint density at radius 1 is 1.42 bits per heavy atom. The van der Waals surface area contributed by atoms with Crippen LogP contribution in [0.2, 0.25) is 0 Å². The molecule has 0 amide bonds. The van der Waals surface area contributed by atoms with Crippen molar-refractivity contribution < 1.29 is 32.5 Å². The Balaban J connectivity index is 4.69. The molecule has 0 fully saturated rings. The minimum Gasteiger partial charge on any atom is -0.460 e. The molecule has 0 aromatic heterocycles. The van der Waals surface area contributed by atoms with Crippen LogP contribution in [0.3, 0.4) is 0 Å². The molecule has 0 radical (unpaired) electrons. The molecule has 0 saturated heterocycles. The summed E-state index contributed by atoms with van der Waals surface area (Å²) in [5.41, 5.74) is -2.95. The smallest absolute Gasteiger partial charge is 0.418 e. The first-order valence-electron chi connectivity index (χ1n) is 5.41. The average molecular weight is 305 g/mol. The topological polar surface area (TPSA) is 59.0 Å². The monoisotopic (exact) mass is 305 g/mol. The van der Waals surface area contributed by atoms with Gasteiger partial charge >= 0.3 is 11.5 Å². The molecule has 0 bridgehead atoms. The first-order chi connectivity index (χ1) is 8.49. The molecule has 0 aromatic rings. The first-order valence-corrected chi connectivity index (χ1v) is 6.18. The molecule has 1 atom stereocenters. The normalized spacial score (nSPS) is 15.7. The van der Waals surface area contributed by atoms with Crippen molar-refractivity contribution in [3.8, 4) is 0 Å². The third-order valence-corrected chi connectivity index (χ3v) is 2.83. The summed E-state index contributed by atoms with van der Waals surface area (Å²) in [6.45, 7) is 2.96. The fourth-order valence-electron chi connectivity index (χ4n) is 0.912. The Bertz CT molecular complexity index is 297. The van der Waals surface area contributed by atoms with Crippen LogP contribution in [0.4, 0.5) is 18.0 Å². The van der Waals surface area contributed by atoms with E-state index in [2.05, 4.69) is 4.74 Å². The van der Waals surface area contributed by atoms with Gasteiger partial charge in [-0.1, -0.05) is 0 Å². The van der Waals surface area contributed by atoms with Gasteiger partial charge < -0.3 is 14.6 Å². The van der Waals surface area contributed by atoms with E-state index in [1.165, 1.54) is 0 Å². The van der Waals surface area contributed by atoms with Gasteiger partial charge in [-0.3, -0.25) is 0 Å². The van der Waals surface area contributed by atoms with Crippen LogP contribution in [-0.4, -0.2) is 53.0 Å². The standard InChI is InChI=1S/C10H18F3NO4S/c1-7(2)18-6-14(19-8(15)17-4)5-9(3,16)10(11,12)13/h7,16H,5-6H2,1-4H3/t9-/m1/s1. The molecule has 0 spiro atoms. The van der Waals surface area contributed by atoms with Crippen molar-refractivity contribution in [1.82, 2.24) is 4.31 Å². The predicted molar refractivity (Wildman–Crippen MR) is 64.5 cm³/mol. The van der Waals surface area contributed by atoms with Crippen LogP contribution >= 0.6 is 11.9 Å². The molecule has 0 rings (SSSR count). The van der Waals surface area contributed by atoms with Crippen molar-refractivity contribution in [2.24, 2.45) is 0 Å². The molecule has 0 heterocycles. The maximum atomic E-state index is 12.6. The van der Waals surface area contributed by atoms with E-state index in [-0.39, 0.29) is 12.8 Å². The zero-order valence-corrected chi connectivity index (χ0v) is 12.0. The maximum Gasteiger partial charge on any atom is 0.418 e. The van der Waals surface area contributed by atoms with Crippen molar-refractivity contribution in [1.29, 1.82) is 0 Å². The molecule has 0 aliphatic carbocycles. The molecular formula is C10H18F3NO4S. The van der Waals surface area contributed by atoms with Crippen LogP contribution < -0.4 is 0 Å². The van der Waals surface area contributed by atoms with Crippen molar-refractivity contribution in [2.75, 3.05) is 20.4 Å². The van der Waals surface area contributed by atoms with Gasteiger partial charge in [-0.05, 0) is 20.8 Å². The minimum absolute atomic E-state index is 0.225. The number of carbonyl (C=O) groups is 1. The van der Waals surface area contributed by atoms with Crippen molar-refractivity contribution in [3.63, 3.8) is 0 Å². The highest BCUT2D eigenvalue weighted by atomic mass is 32.2. The zero-order valence-electron chi connectivity index (χ0n) is 11.2. The molecule has 0 aliphatic heterocycles. The van der Waals surface area contributed by atoms with Crippen molar-refractivity contribution in [2.45, 2.75) is 38.7 Å². The van der Waals surface area contributed by atoms with Gasteiger partial charge in [-0.2, -0.15) is 13.2 Å². The molecule has 0 unspecified atom stereocenters. The van der Waals surface area contributed by atoms with Gasteiger partial charge in [0.1, 0.15) is 6.73 Å². The number of hydrogen-bond acceptors (Lipinski definition) is 6. The van der Waals surface area contributed by atoms with Gasteiger partial charge in [-0.15, -0.1) is 0 Å². The number of aliphatic hydroxyl groups is 1. The second kappa shape index (κ2) is 7.32. The predicted octanol–water partition coefficient (Wildman–Crippen LogP) is 2.40. The summed E-state index contributed by atoms with van der Waals surface area (Å²) >= 11 is 0.417. The van der Waals surface area contributed by atoms with Gasteiger partial charge in [0.05, 0.1) is 13.2 Å². The number of ether oxygens (including phenoxy) is 2. The molecule has 9 heteroatoms. The molecule has 0 aromatic carbocycles. The lowest BCUT2D eigenvalue weighted by Gasteiger charge is -2.31. The molecule has 0 aliphatic rings. The Morgan fingerprint density at radius 3 is 2.32 bits per heavy atom. The van der Waals surface area contributed by atoms with E-state index in [1.807, 2.05) is 0 Å². The second-order valence-electron chi connectivity index (χ2n) is 4.30. The fourth-order valence-corrected chi connectivity index (χ4v) is 1.63. The van der Waals surface area contributed by atoms with Gasteiger partial charge in [-0.25, -0.2) is 9.10 Å². The van der Waals surface area contributed by atoms with Crippen LogP contribution in [0.5, 0.6) is 0 Å². The summed E-state index contributed by atoms with van der Waals surface area (Å²) in [5, 5.41) is 8.60. The Morgan fingerprint density at radius 2 is 1.95 bits per heavy atom. The van der Waals surface area contributed by atoms with Gasteiger partial charge in [0.25, 0.3) is 0 Å².